The molecule has 1 N–H and O–H groups in total. The van der Waals surface area contributed by atoms with E-state index in [9.17, 15) is 19.5 Å². The monoisotopic (exact) mass is 604 g/mol. The number of ether oxygens (including phenoxy) is 4. The van der Waals surface area contributed by atoms with Gasteiger partial charge < -0.3 is 24.1 Å². The Balaban J connectivity index is 1.51. The van der Waals surface area contributed by atoms with Crippen LogP contribution in [-0.4, -0.2) is 58.1 Å². The summed E-state index contributed by atoms with van der Waals surface area (Å²) in [5.74, 6) is 0.484. The van der Waals surface area contributed by atoms with E-state index < -0.39 is 29.0 Å². The highest BCUT2D eigenvalue weighted by molar-refractivity contribution is 5.67. The van der Waals surface area contributed by atoms with Crippen LogP contribution in [0.5, 0.6) is 0 Å². The average Bonchev–Trinajstić information content (AvgIpc) is 3.47. The Morgan fingerprint density at radius 1 is 0.884 bits per heavy atom. The first-order valence-electron chi connectivity index (χ1n) is 16.8. The van der Waals surface area contributed by atoms with Crippen molar-refractivity contribution in [2.24, 2.45) is 46.3 Å². The Morgan fingerprint density at radius 2 is 1.56 bits per heavy atom. The third kappa shape index (κ3) is 4.87. The van der Waals surface area contributed by atoms with Gasteiger partial charge in [-0.05, 0) is 101 Å². The van der Waals surface area contributed by atoms with Crippen LogP contribution in [0.25, 0.3) is 0 Å². The van der Waals surface area contributed by atoms with Gasteiger partial charge in [0.05, 0.1) is 6.10 Å². The van der Waals surface area contributed by atoms with Crippen LogP contribution in [0.2, 0.25) is 0 Å². The van der Waals surface area contributed by atoms with Crippen molar-refractivity contribution in [3.63, 3.8) is 0 Å². The Labute approximate surface area is 258 Å². The molecule has 0 unspecified atom stereocenters. The predicted molar refractivity (Wildman–Crippen MR) is 161 cm³/mol. The summed E-state index contributed by atoms with van der Waals surface area (Å²) in [4.78, 5) is 37.1. The number of epoxide rings is 1. The summed E-state index contributed by atoms with van der Waals surface area (Å²) >= 11 is 0. The minimum atomic E-state index is -0.884. The van der Waals surface area contributed by atoms with Gasteiger partial charge in [-0.2, -0.15) is 0 Å². The molecule has 0 amide bonds. The third-order valence-corrected chi connectivity index (χ3v) is 13.8. The van der Waals surface area contributed by atoms with Crippen LogP contribution in [0.3, 0.4) is 0 Å². The van der Waals surface area contributed by atoms with Crippen molar-refractivity contribution in [1.82, 2.24) is 0 Å². The number of esters is 3. The molecule has 8 nitrogen and oxygen atoms in total. The lowest BCUT2D eigenvalue weighted by Crippen LogP contribution is -2.58. The number of aliphatic hydroxyl groups excluding tert-OH is 1. The molecule has 5 fully saturated rings. The minimum Gasteiger partial charge on any atom is -0.460 e. The number of hydrogen-bond acceptors (Lipinski definition) is 8. The van der Waals surface area contributed by atoms with Crippen molar-refractivity contribution in [2.45, 2.75) is 156 Å². The SMILES string of the molecule is CC(=O)O[C@H]1C[C@H]2[C@@H]3CC[C@H]4C[C@H](O)CC[C@]4(C)[C@H]3CC[C@]2(C)[C@@]12O[C@@]2(C)[C@H](OC(C)=O)[C@@H](C)[C@H](C)C(C)(C)OC(C)=O. The number of rotatable bonds is 7. The summed E-state index contributed by atoms with van der Waals surface area (Å²) in [5.41, 5.74) is -2.52. The van der Waals surface area contributed by atoms with Gasteiger partial charge in [-0.3, -0.25) is 14.4 Å². The molecule has 0 radical (unpaired) electrons. The van der Waals surface area contributed by atoms with Crippen LogP contribution in [0.4, 0.5) is 0 Å². The summed E-state index contributed by atoms with van der Waals surface area (Å²) in [6, 6.07) is 0. The molecule has 13 atom stereocenters. The second kappa shape index (κ2) is 10.7. The fourth-order valence-corrected chi connectivity index (χ4v) is 11.5. The lowest BCUT2D eigenvalue weighted by atomic mass is 9.44. The molecule has 4 aliphatic carbocycles. The molecule has 0 bridgehead atoms. The van der Waals surface area contributed by atoms with Crippen LogP contribution >= 0.6 is 0 Å². The maximum absolute atomic E-state index is 12.6. The van der Waals surface area contributed by atoms with E-state index >= 15 is 0 Å². The summed E-state index contributed by atoms with van der Waals surface area (Å²) < 4.78 is 25.1. The molecule has 0 aromatic carbocycles. The topological polar surface area (TPSA) is 112 Å². The van der Waals surface area contributed by atoms with E-state index in [4.69, 9.17) is 18.9 Å². The highest BCUT2D eigenvalue weighted by Crippen LogP contribution is 2.77. The maximum Gasteiger partial charge on any atom is 0.303 e. The molecule has 43 heavy (non-hydrogen) atoms. The van der Waals surface area contributed by atoms with Crippen molar-refractivity contribution in [3.05, 3.63) is 0 Å². The first-order chi connectivity index (χ1) is 19.8. The van der Waals surface area contributed by atoms with E-state index in [2.05, 4.69) is 13.8 Å². The Bertz CT molecular complexity index is 1130. The van der Waals surface area contributed by atoms with E-state index in [1.54, 1.807) is 0 Å². The Hall–Kier alpha value is -1.67. The highest BCUT2D eigenvalue weighted by atomic mass is 16.7. The van der Waals surface area contributed by atoms with Gasteiger partial charge in [0.25, 0.3) is 0 Å². The van der Waals surface area contributed by atoms with Gasteiger partial charge in [-0.15, -0.1) is 0 Å². The molecule has 1 spiro atoms. The van der Waals surface area contributed by atoms with Gasteiger partial charge in [0.15, 0.2) is 0 Å². The van der Waals surface area contributed by atoms with Crippen LogP contribution in [-0.2, 0) is 33.3 Å². The lowest BCUT2D eigenvalue weighted by molar-refractivity contribution is -0.169. The van der Waals surface area contributed by atoms with Crippen LogP contribution in [0.15, 0.2) is 0 Å². The van der Waals surface area contributed by atoms with Gasteiger partial charge in [0, 0.05) is 38.0 Å². The molecule has 1 heterocycles. The summed E-state index contributed by atoms with van der Waals surface area (Å²) in [7, 11) is 0. The highest BCUT2D eigenvalue weighted by Gasteiger charge is 2.87. The first kappa shape index (κ1) is 32.7. The summed E-state index contributed by atoms with van der Waals surface area (Å²) in [5, 5.41) is 10.5. The lowest BCUT2D eigenvalue weighted by Gasteiger charge is -2.60. The molecule has 0 aromatic heterocycles. The summed E-state index contributed by atoms with van der Waals surface area (Å²) in [6.07, 6.45) is 6.62. The number of fused-ring (bicyclic) bond motifs is 6. The second-order valence-electron chi connectivity index (χ2n) is 16.2. The molecule has 244 valence electrons. The summed E-state index contributed by atoms with van der Waals surface area (Å²) in [6.45, 7) is 19.0. The fraction of sp³-hybridized carbons (Fsp3) is 0.914. The van der Waals surface area contributed by atoms with E-state index in [0.29, 0.717) is 23.7 Å². The van der Waals surface area contributed by atoms with Gasteiger partial charge in [-0.25, -0.2) is 0 Å². The quantitative estimate of drug-likeness (QED) is 0.214. The standard InChI is InChI=1S/C35H56O8/c1-19(20(2)31(6,7)42-23(5)38)30(41-22(4)37)34(10)35(43-34)29(40-21(3)36)18-28-26-12-11-24-17-25(39)13-15-32(24,8)27(26)14-16-33(28,35)9/h19-20,24-30,39H,11-18H2,1-10H3/t19-,20-,24-,25+,26+,27-,28-,29-,30+,32-,33-,34-,35-/m0/s1. The van der Waals surface area contributed by atoms with Crippen molar-refractivity contribution in [3.8, 4) is 0 Å². The zero-order chi connectivity index (χ0) is 31.9. The predicted octanol–water partition coefficient (Wildman–Crippen LogP) is 6.00. The first-order valence-corrected chi connectivity index (χ1v) is 16.8. The maximum atomic E-state index is 12.6. The third-order valence-electron chi connectivity index (χ3n) is 13.8. The fourth-order valence-electron chi connectivity index (χ4n) is 11.5. The Kier molecular flexibility index (Phi) is 8.15. The van der Waals surface area contributed by atoms with Gasteiger partial charge >= 0.3 is 17.9 Å². The number of carbonyl (C=O) groups is 3. The van der Waals surface area contributed by atoms with Crippen molar-refractivity contribution >= 4 is 17.9 Å². The molecule has 5 aliphatic rings. The van der Waals surface area contributed by atoms with Crippen molar-refractivity contribution < 1.29 is 38.4 Å². The van der Waals surface area contributed by atoms with E-state index in [-0.39, 0.29) is 46.7 Å². The van der Waals surface area contributed by atoms with Crippen LogP contribution < -0.4 is 0 Å². The largest absolute Gasteiger partial charge is 0.460 e. The number of carbonyl (C=O) groups excluding carboxylic acids is 3. The molecule has 8 heteroatoms. The van der Waals surface area contributed by atoms with Crippen molar-refractivity contribution in [2.75, 3.05) is 0 Å². The molecule has 1 saturated heterocycles. The zero-order valence-electron chi connectivity index (χ0n) is 28.2. The van der Waals surface area contributed by atoms with E-state index in [1.165, 1.54) is 20.8 Å². The average molecular weight is 605 g/mol. The molecule has 5 rings (SSSR count). The minimum absolute atomic E-state index is 0.163. The Morgan fingerprint density at radius 3 is 2.16 bits per heavy atom. The number of hydrogen-bond donors (Lipinski definition) is 1. The van der Waals surface area contributed by atoms with Gasteiger partial charge in [0.1, 0.15) is 29.0 Å². The van der Waals surface area contributed by atoms with E-state index in [1.807, 2.05) is 34.6 Å². The number of aliphatic hydroxyl groups is 1. The second-order valence-corrected chi connectivity index (χ2v) is 16.2. The van der Waals surface area contributed by atoms with Gasteiger partial charge in [0.2, 0.25) is 0 Å². The van der Waals surface area contributed by atoms with E-state index in [0.717, 1.165) is 51.4 Å². The molecule has 4 saturated carbocycles. The molecular formula is C35H56O8. The molecular weight excluding hydrogens is 548 g/mol. The van der Waals surface area contributed by atoms with Crippen LogP contribution in [0, 0.1) is 46.3 Å². The smallest absolute Gasteiger partial charge is 0.303 e. The zero-order valence-corrected chi connectivity index (χ0v) is 28.2. The molecule has 0 aromatic rings. The van der Waals surface area contributed by atoms with Crippen LogP contribution in [0.1, 0.15) is 121 Å². The van der Waals surface area contributed by atoms with Crippen molar-refractivity contribution in [1.29, 1.82) is 0 Å². The molecule has 1 aliphatic heterocycles. The normalized spacial score (nSPS) is 45.6. The van der Waals surface area contributed by atoms with Gasteiger partial charge in [-0.1, -0.05) is 27.7 Å².